The van der Waals surface area contributed by atoms with E-state index in [1.54, 1.807) is 0 Å². The molecule has 0 saturated carbocycles. The van der Waals surface area contributed by atoms with Gasteiger partial charge >= 0.3 is 0 Å². The van der Waals surface area contributed by atoms with Gasteiger partial charge in [-0.25, -0.2) is 4.98 Å². The maximum Gasteiger partial charge on any atom is 0.127 e. The summed E-state index contributed by atoms with van der Waals surface area (Å²) in [5, 5.41) is 4.31. The standard InChI is InChI=1S/C13H12N2/c1-2-3-10-14-13-9-8-11-6-4-5-7-12(11)15-13/h4-9H,10H2,1H3,(H,14,15). The summed E-state index contributed by atoms with van der Waals surface area (Å²) in [4.78, 5) is 4.47. The van der Waals surface area contributed by atoms with E-state index >= 15 is 0 Å². The number of nitrogens with one attached hydrogen (secondary N) is 1. The van der Waals surface area contributed by atoms with Crippen molar-refractivity contribution >= 4 is 16.7 Å². The first-order valence-corrected chi connectivity index (χ1v) is 4.89. The van der Waals surface area contributed by atoms with E-state index in [1.165, 1.54) is 0 Å². The van der Waals surface area contributed by atoms with Crippen molar-refractivity contribution in [1.82, 2.24) is 4.98 Å². The molecule has 0 spiro atoms. The lowest BCUT2D eigenvalue weighted by atomic mass is 10.2. The largest absolute Gasteiger partial charge is 0.359 e. The maximum absolute atomic E-state index is 4.47. The van der Waals surface area contributed by atoms with Crippen molar-refractivity contribution in [2.45, 2.75) is 6.92 Å². The van der Waals surface area contributed by atoms with Gasteiger partial charge in [-0.05, 0) is 25.1 Å². The van der Waals surface area contributed by atoms with Crippen LogP contribution in [0.15, 0.2) is 36.4 Å². The summed E-state index contributed by atoms with van der Waals surface area (Å²) < 4.78 is 0. The molecule has 0 aliphatic rings. The Labute approximate surface area is 89.3 Å². The molecule has 0 bridgehead atoms. The predicted octanol–water partition coefficient (Wildman–Crippen LogP) is 2.67. The number of hydrogen-bond donors (Lipinski definition) is 1. The van der Waals surface area contributed by atoms with Crippen LogP contribution >= 0.6 is 0 Å². The molecule has 2 aromatic rings. The molecule has 1 aromatic carbocycles. The van der Waals surface area contributed by atoms with E-state index in [0.717, 1.165) is 16.7 Å². The summed E-state index contributed by atoms with van der Waals surface area (Å²) in [6.45, 7) is 2.47. The lowest BCUT2D eigenvalue weighted by Gasteiger charge is -2.02. The molecule has 1 heterocycles. The molecule has 0 saturated heterocycles. The van der Waals surface area contributed by atoms with Crippen LogP contribution in [0.3, 0.4) is 0 Å². The van der Waals surface area contributed by atoms with Crippen LogP contribution in [-0.2, 0) is 0 Å². The lowest BCUT2D eigenvalue weighted by molar-refractivity contribution is 1.28. The molecule has 0 aliphatic heterocycles. The molecule has 0 radical (unpaired) electrons. The third-order valence-corrected chi connectivity index (χ3v) is 2.13. The van der Waals surface area contributed by atoms with Crippen molar-refractivity contribution in [2.75, 3.05) is 11.9 Å². The highest BCUT2D eigenvalue weighted by Gasteiger charge is 1.95. The molecule has 1 aromatic heterocycles. The van der Waals surface area contributed by atoms with Crippen LogP contribution in [0.25, 0.3) is 10.9 Å². The van der Waals surface area contributed by atoms with E-state index in [1.807, 2.05) is 31.2 Å². The third kappa shape index (κ3) is 2.26. The van der Waals surface area contributed by atoms with Crippen molar-refractivity contribution in [1.29, 1.82) is 0 Å². The molecular weight excluding hydrogens is 184 g/mol. The Kier molecular flexibility index (Phi) is 2.85. The highest BCUT2D eigenvalue weighted by molar-refractivity contribution is 5.80. The molecule has 0 unspecified atom stereocenters. The molecule has 0 fully saturated rings. The molecule has 2 rings (SSSR count). The summed E-state index contributed by atoms with van der Waals surface area (Å²) in [6.07, 6.45) is 0. The molecular formula is C13H12N2. The Hall–Kier alpha value is -2.01. The minimum absolute atomic E-state index is 0.641. The van der Waals surface area contributed by atoms with Gasteiger partial charge in [-0.1, -0.05) is 24.1 Å². The van der Waals surface area contributed by atoms with E-state index in [4.69, 9.17) is 0 Å². The summed E-state index contributed by atoms with van der Waals surface area (Å²) >= 11 is 0. The molecule has 0 aliphatic carbocycles. The van der Waals surface area contributed by atoms with Crippen LogP contribution in [0.5, 0.6) is 0 Å². The van der Waals surface area contributed by atoms with Crippen molar-refractivity contribution in [3.05, 3.63) is 36.4 Å². The van der Waals surface area contributed by atoms with E-state index in [-0.39, 0.29) is 0 Å². The number of pyridine rings is 1. The molecule has 2 heteroatoms. The van der Waals surface area contributed by atoms with E-state index in [0.29, 0.717) is 6.54 Å². The van der Waals surface area contributed by atoms with Crippen LogP contribution < -0.4 is 5.32 Å². The van der Waals surface area contributed by atoms with E-state index in [2.05, 4.69) is 34.3 Å². The number of hydrogen-bond acceptors (Lipinski definition) is 2. The van der Waals surface area contributed by atoms with E-state index in [9.17, 15) is 0 Å². The minimum atomic E-state index is 0.641. The normalized spacial score (nSPS) is 9.40. The zero-order valence-corrected chi connectivity index (χ0v) is 8.62. The smallest absolute Gasteiger partial charge is 0.127 e. The second-order valence-corrected chi connectivity index (χ2v) is 3.17. The number of aromatic nitrogens is 1. The van der Waals surface area contributed by atoms with Gasteiger partial charge in [0.25, 0.3) is 0 Å². The van der Waals surface area contributed by atoms with Crippen LogP contribution in [0.2, 0.25) is 0 Å². The van der Waals surface area contributed by atoms with Crippen molar-refractivity contribution in [3.63, 3.8) is 0 Å². The summed E-state index contributed by atoms with van der Waals surface area (Å²) in [7, 11) is 0. The Bertz CT molecular complexity index is 521. The number of fused-ring (bicyclic) bond motifs is 1. The Morgan fingerprint density at radius 2 is 2.07 bits per heavy atom. The first-order valence-electron chi connectivity index (χ1n) is 4.89. The Morgan fingerprint density at radius 1 is 1.20 bits per heavy atom. The minimum Gasteiger partial charge on any atom is -0.359 e. The number of nitrogens with zero attached hydrogens (tertiary/aromatic N) is 1. The first kappa shape index (κ1) is 9.54. The molecule has 15 heavy (non-hydrogen) atoms. The van der Waals surface area contributed by atoms with Gasteiger partial charge in [0, 0.05) is 5.39 Å². The van der Waals surface area contributed by atoms with Gasteiger partial charge in [-0.15, -0.1) is 5.92 Å². The fourth-order valence-corrected chi connectivity index (χ4v) is 1.39. The van der Waals surface area contributed by atoms with Gasteiger partial charge in [0.1, 0.15) is 5.82 Å². The molecule has 74 valence electrons. The maximum atomic E-state index is 4.47. The predicted molar refractivity (Wildman–Crippen MR) is 63.7 cm³/mol. The van der Waals surface area contributed by atoms with Crippen molar-refractivity contribution < 1.29 is 0 Å². The highest BCUT2D eigenvalue weighted by atomic mass is 15.0. The molecule has 1 N–H and O–H groups in total. The fraction of sp³-hybridized carbons (Fsp3) is 0.154. The van der Waals surface area contributed by atoms with Gasteiger partial charge in [0.2, 0.25) is 0 Å². The van der Waals surface area contributed by atoms with Gasteiger partial charge in [0.05, 0.1) is 12.1 Å². The molecule has 0 atom stereocenters. The number of rotatable bonds is 2. The quantitative estimate of drug-likeness (QED) is 0.747. The van der Waals surface area contributed by atoms with Gasteiger partial charge < -0.3 is 5.32 Å². The zero-order valence-electron chi connectivity index (χ0n) is 8.62. The molecule has 0 amide bonds. The number of para-hydroxylation sites is 1. The van der Waals surface area contributed by atoms with Crippen LogP contribution in [0, 0.1) is 11.8 Å². The SMILES string of the molecule is CC#CCNc1ccc2ccccc2n1. The summed E-state index contributed by atoms with van der Waals surface area (Å²) in [6, 6.07) is 12.1. The highest BCUT2D eigenvalue weighted by Crippen LogP contribution is 2.13. The fourth-order valence-electron chi connectivity index (χ4n) is 1.39. The summed E-state index contributed by atoms with van der Waals surface area (Å²) in [5.41, 5.74) is 1.01. The second kappa shape index (κ2) is 4.47. The van der Waals surface area contributed by atoms with Gasteiger partial charge in [0.15, 0.2) is 0 Å². The van der Waals surface area contributed by atoms with E-state index < -0.39 is 0 Å². The Morgan fingerprint density at radius 3 is 2.93 bits per heavy atom. The Balaban J connectivity index is 2.25. The van der Waals surface area contributed by atoms with Gasteiger partial charge in [-0.3, -0.25) is 0 Å². The number of anilines is 1. The third-order valence-electron chi connectivity index (χ3n) is 2.13. The number of benzene rings is 1. The van der Waals surface area contributed by atoms with Crippen molar-refractivity contribution in [3.8, 4) is 11.8 Å². The van der Waals surface area contributed by atoms with Crippen LogP contribution in [0.1, 0.15) is 6.92 Å². The monoisotopic (exact) mass is 196 g/mol. The van der Waals surface area contributed by atoms with Crippen molar-refractivity contribution in [2.24, 2.45) is 0 Å². The average molecular weight is 196 g/mol. The molecule has 2 nitrogen and oxygen atoms in total. The topological polar surface area (TPSA) is 24.9 Å². The zero-order chi connectivity index (χ0) is 10.5. The second-order valence-electron chi connectivity index (χ2n) is 3.17. The van der Waals surface area contributed by atoms with Crippen LogP contribution in [-0.4, -0.2) is 11.5 Å². The first-order chi connectivity index (χ1) is 7.40. The van der Waals surface area contributed by atoms with Crippen LogP contribution in [0.4, 0.5) is 5.82 Å². The lowest BCUT2D eigenvalue weighted by Crippen LogP contribution is -2.00. The average Bonchev–Trinajstić information content (AvgIpc) is 2.29. The van der Waals surface area contributed by atoms with Gasteiger partial charge in [-0.2, -0.15) is 0 Å². The summed E-state index contributed by atoms with van der Waals surface area (Å²) in [5.74, 6) is 6.65.